The topological polar surface area (TPSA) is 26.0 Å². The van der Waals surface area contributed by atoms with Crippen LogP contribution in [0.25, 0.3) is 0 Å². The van der Waals surface area contributed by atoms with E-state index in [0.717, 1.165) is 12.3 Å². The molecular weight excluding hydrogens is 242 g/mol. The van der Waals surface area contributed by atoms with Crippen LogP contribution in [0, 0.1) is 26.7 Å². The molecule has 2 rings (SSSR count). The van der Waals surface area contributed by atoms with Crippen molar-refractivity contribution < 1.29 is 0 Å². The molecule has 1 heteroatoms. The zero-order valence-corrected chi connectivity index (χ0v) is 13.5. The van der Waals surface area contributed by atoms with Crippen molar-refractivity contribution in [1.29, 1.82) is 0 Å². The summed E-state index contributed by atoms with van der Waals surface area (Å²) in [7, 11) is 0. The van der Waals surface area contributed by atoms with E-state index >= 15 is 0 Å². The third-order valence-electron chi connectivity index (χ3n) is 5.04. The summed E-state index contributed by atoms with van der Waals surface area (Å²) in [6.45, 7) is 6.65. The predicted molar refractivity (Wildman–Crippen MR) is 88.1 cm³/mol. The Morgan fingerprint density at radius 2 is 1.45 bits per heavy atom. The number of benzene rings is 1. The van der Waals surface area contributed by atoms with Crippen LogP contribution in [0.1, 0.15) is 67.2 Å². The van der Waals surface area contributed by atoms with E-state index in [4.69, 9.17) is 5.73 Å². The molecule has 0 spiro atoms. The molecule has 2 N–H and O–H groups in total. The SMILES string of the molecule is Cc1cc(C)c(CC(N)C2CCCCCCC2)c(C)c1. The summed E-state index contributed by atoms with van der Waals surface area (Å²) < 4.78 is 0. The van der Waals surface area contributed by atoms with Crippen molar-refractivity contribution in [2.24, 2.45) is 11.7 Å². The number of aryl methyl sites for hydroxylation is 3. The molecule has 1 unspecified atom stereocenters. The van der Waals surface area contributed by atoms with Crippen molar-refractivity contribution in [3.05, 3.63) is 34.4 Å². The average molecular weight is 273 g/mol. The maximum atomic E-state index is 6.58. The molecule has 1 saturated carbocycles. The van der Waals surface area contributed by atoms with Crippen LogP contribution >= 0.6 is 0 Å². The van der Waals surface area contributed by atoms with Crippen LogP contribution in [0.4, 0.5) is 0 Å². The molecule has 20 heavy (non-hydrogen) atoms. The van der Waals surface area contributed by atoms with Crippen LogP contribution in [-0.2, 0) is 6.42 Å². The highest BCUT2D eigenvalue weighted by atomic mass is 14.6. The Hall–Kier alpha value is -0.820. The van der Waals surface area contributed by atoms with Gasteiger partial charge >= 0.3 is 0 Å². The van der Waals surface area contributed by atoms with E-state index in [-0.39, 0.29) is 0 Å². The van der Waals surface area contributed by atoms with Gasteiger partial charge in [0.2, 0.25) is 0 Å². The average Bonchev–Trinajstić information content (AvgIpc) is 2.33. The molecule has 0 heterocycles. The smallest absolute Gasteiger partial charge is 0.0108 e. The third kappa shape index (κ3) is 4.09. The summed E-state index contributed by atoms with van der Waals surface area (Å²) in [6.07, 6.45) is 10.7. The Morgan fingerprint density at radius 1 is 0.950 bits per heavy atom. The molecule has 1 aliphatic carbocycles. The van der Waals surface area contributed by atoms with Crippen LogP contribution in [0.3, 0.4) is 0 Å². The highest BCUT2D eigenvalue weighted by Gasteiger charge is 2.20. The minimum atomic E-state index is 0.341. The van der Waals surface area contributed by atoms with Gasteiger partial charge in [0.05, 0.1) is 0 Å². The van der Waals surface area contributed by atoms with E-state index in [2.05, 4.69) is 32.9 Å². The number of rotatable bonds is 3. The summed E-state index contributed by atoms with van der Waals surface area (Å²) in [6, 6.07) is 4.94. The van der Waals surface area contributed by atoms with E-state index in [1.807, 2.05) is 0 Å². The molecule has 1 nitrogen and oxygen atoms in total. The van der Waals surface area contributed by atoms with Gasteiger partial charge in [0.1, 0.15) is 0 Å². The van der Waals surface area contributed by atoms with Crippen LogP contribution in [0.15, 0.2) is 12.1 Å². The second kappa shape index (κ2) is 7.26. The summed E-state index contributed by atoms with van der Waals surface area (Å²) in [5.74, 6) is 0.732. The number of hydrogen-bond donors (Lipinski definition) is 1. The molecule has 1 atom stereocenters. The minimum Gasteiger partial charge on any atom is -0.327 e. The Labute approximate surface area is 125 Å². The van der Waals surface area contributed by atoms with Gasteiger partial charge in [0, 0.05) is 6.04 Å². The van der Waals surface area contributed by atoms with Crippen molar-refractivity contribution in [2.45, 2.75) is 78.2 Å². The van der Waals surface area contributed by atoms with Gasteiger partial charge in [-0.2, -0.15) is 0 Å². The van der Waals surface area contributed by atoms with Gasteiger partial charge in [0.25, 0.3) is 0 Å². The molecule has 112 valence electrons. The fraction of sp³-hybridized carbons (Fsp3) is 0.684. The lowest BCUT2D eigenvalue weighted by molar-refractivity contribution is 0.321. The molecule has 0 saturated heterocycles. The first kappa shape index (κ1) is 15.6. The lowest BCUT2D eigenvalue weighted by Crippen LogP contribution is -2.33. The normalized spacial score (nSPS) is 19.4. The van der Waals surface area contributed by atoms with Crippen LogP contribution < -0.4 is 5.73 Å². The third-order valence-corrected chi connectivity index (χ3v) is 5.04. The molecule has 0 bridgehead atoms. The van der Waals surface area contributed by atoms with Gasteiger partial charge in [-0.25, -0.2) is 0 Å². The highest BCUT2D eigenvalue weighted by molar-refractivity contribution is 5.38. The van der Waals surface area contributed by atoms with Gasteiger partial charge < -0.3 is 5.73 Å². The molecule has 0 aromatic heterocycles. The van der Waals surface area contributed by atoms with Crippen molar-refractivity contribution in [1.82, 2.24) is 0 Å². The summed E-state index contributed by atoms with van der Waals surface area (Å²) >= 11 is 0. The largest absolute Gasteiger partial charge is 0.327 e. The first-order chi connectivity index (χ1) is 9.58. The van der Waals surface area contributed by atoms with Crippen LogP contribution in [0.2, 0.25) is 0 Å². The Bertz CT molecular complexity index is 404. The van der Waals surface area contributed by atoms with Crippen LogP contribution in [-0.4, -0.2) is 6.04 Å². The summed E-state index contributed by atoms with van der Waals surface area (Å²) in [5, 5.41) is 0. The monoisotopic (exact) mass is 273 g/mol. The second-order valence-electron chi connectivity index (χ2n) is 6.85. The van der Waals surface area contributed by atoms with Gasteiger partial charge in [-0.3, -0.25) is 0 Å². The molecular formula is C19H31N. The maximum Gasteiger partial charge on any atom is 0.0108 e. The quantitative estimate of drug-likeness (QED) is 0.837. The standard InChI is InChI=1S/C19H31N/c1-14-11-15(2)18(16(3)12-14)13-19(20)17-9-7-5-4-6-8-10-17/h11-12,17,19H,4-10,13,20H2,1-3H3. The molecule has 1 aromatic rings. The van der Waals surface area contributed by atoms with Gasteiger partial charge in [-0.05, 0) is 62.6 Å². The van der Waals surface area contributed by atoms with Crippen LogP contribution in [0.5, 0.6) is 0 Å². The van der Waals surface area contributed by atoms with Gasteiger partial charge in [-0.1, -0.05) is 49.8 Å². The Morgan fingerprint density at radius 3 is 2.00 bits per heavy atom. The van der Waals surface area contributed by atoms with Gasteiger partial charge in [-0.15, -0.1) is 0 Å². The molecule has 0 amide bonds. The number of nitrogens with two attached hydrogens (primary N) is 1. The highest BCUT2D eigenvalue weighted by Crippen LogP contribution is 2.27. The predicted octanol–water partition coefficient (Wildman–Crippen LogP) is 4.84. The first-order valence-corrected chi connectivity index (χ1v) is 8.40. The maximum absolute atomic E-state index is 6.58. The van der Waals surface area contributed by atoms with E-state index in [9.17, 15) is 0 Å². The lowest BCUT2D eigenvalue weighted by Gasteiger charge is -2.27. The molecule has 1 aromatic carbocycles. The molecule has 0 radical (unpaired) electrons. The first-order valence-electron chi connectivity index (χ1n) is 8.40. The summed E-state index contributed by atoms with van der Waals surface area (Å²) in [4.78, 5) is 0. The Balaban J connectivity index is 2.04. The summed E-state index contributed by atoms with van der Waals surface area (Å²) in [5.41, 5.74) is 12.3. The molecule has 1 fully saturated rings. The fourth-order valence-electron chi connectivity index (χ4n) is 3.85. The van der Waals surface area contributed by atoms with Crippen molar-refractivity contribution >= 4 is 0 Å². The minimum absolute atomic E-state index is 0.341. The van der Waals surface area contributed by atoms with E-state index < -0.39 is 0 Å². The van der Waals surface area contributed by atoms with Crippen molar-refractivity contribution in [3.8, 4) is 0 Å². The molecule has 0 aliphatic heterocycles. The van der Waals surface area contributed by atoms with E-state index in [0.29, 0.717) is 6.04 Å². The number of hydrogen-bond acceptors (Lipinski definition) is 1. The molecule has 1 aliphatic rings. The second-order valence-corrected chi connectivity index (χ2v) is 6.85. The zero-order valence-electron chi connectivity index (χ0n) is 13.5. The Kier molecular flexibility index (Phi) is 5.65. The van der Waals surface area contributed by atoms with Crippen molar-refractivity contribution in [3.63, 3.8) is 0 Å². The van der Waals surface area contributed by atoms with E-state index in [1.54, 1.807) is 0 Å². The lowest BCUT2D eigenvalue weighted by atomic mass is 9.82. The van der Waals surface area contributed by atoms with E-state index in [1.165, 1.54) is 67.2 Å². The van der Waals surface area contributed by atoms with Crippen molar-refractivity contribution in [2.75, 3.05) is 0 Å². The fourth-order valence-corrected chi connectivity index (χ4v) is 3.85. The zero-order chi connectivity index (χ0) is 14.5. The van der Waals surface area contributed by atoms with Gasteiger partial charge in [0.15, 0.2) is 0 Å².